The molecule has 0 aliphatic carbocycles. The molecule has 4 rings (SSSR count). The number of rotatable bonds is 3. The van der Waals surface area contributed by atoms with Crippen LogP contribution in [0.2, 0.25) is 0 Å². The van der Waals surface area contributed by atoms with Gasteiger partial charge in [0.1, 0.15) is 0 Å². The lowest BCUT2D eigenvalue weighted by Gasteiger charge is -2.16. The summed E-state index contributed by atoms with van der Waals surface area (Å²) in [7, 11) is 0. The Labute approximate surface area is 147 Å². The van der Waals surface area contributed by atoms with Crippen molar-refractivity contribution in [1.82, 2.24) is 0 Å². The molecule has 1 heteroatoms. The highest BCUT2D eigenvalue weighted by molar-refractivity contribution is 6.07. The van der Waals surface area contributed by atoms with Crippen molar-refractivity contribution in [3.05, 3.63) is 91.0 Å². The van der Waals surface area contributed by atoms with Gasteiger partial charge in [-0.3, -0.25) is 0 Å². The van der Waals surface area contributed by atoms with Crippen molar-refractivity contribution in [2.24, 2.45) is 0 Å². The molecule has 0 unspecified atom stereocenters. The highest BCUT2D eigenvalue weighted by atomic mass is 14.5. The van der Waals surface area contributed by atoms with Gasteiger partial charge in [0.2, 0.25) is 0 Å². The average Bonchev–Trinajstić information content (AvgIpc) is 2.67. The van der Waals surface area contributed by atoms with Gasteiger partial charge in [-0.05, 0) is 50.5 Å². The van der Waals surface area contributed by atoms with E-state index in [9.17, 15) is 0 Å². The van der Waals surface area contributed by atoms with Gasteiger partial charge in [-0.2, -0.15) is 0 Å². The van der Waals surface area contributed by atoms with Crippen LogP contribution in [0, 0.1) is 0 Å². The van der Waals surface area contributed by atoms with Crippen molar-refractivity contribution in [3.63, 3.8) is 0 Å². The van der Waals surface area contributed by atoms with E-state index in [0.29, 0.717) is 0 Å². The molecule has 0 aromatic heterocycles. The van der Waals surface area contributed by atoms with Crippen LogP contribution in [-0.4, -0.2) is 0 Å². The Morgan fingerprint density at radius 3 is 2.00 bits per heavy atom. The van der Waals surface area contributed by atoms with Crippen LogP contribution >= 0.6 is 0 Å². The highest BCUT2D eigenvalue weighted by Gasteiger charge is 2.13. The third-order valence-electron chi connectivity index (χ3n) is 4.79. The summed E-state index contributed by atoms with van der Waals surface area (Å²) in [4.78, 5) is 0. The standard InChI is InChI=1S/C24H19N/c1-3-17-18(4-2)23(15-16-9-5-6-10-19(16)17)21-13-14-24(25)22-12-8-7-11-20(21)22/h3-15H,1-2,25H2. The lowest BCUT2D eigenvalue weighted by molar-refractivity contribution is 1.63. The minimum atomic E-state index is 0.796. The molecule has 120 valence electrons. The quantitative estimate of drug-likeness (QED) is 0.427. The van der Waals surface area contributed by atoms with E-state index in [4.69, 9.17) is 5.73 Å². The van der Waals surface area contributed by atoms with Crippen molar-refractivity contribution < 1.29 is 0 Å². The molecule has 4 aromatic carbocycles. The number of nitrogen functional groups attached to an aromatic ring is 1. The highest BCUT2D eigenvalue weighted by Crippen LogP contribution is 2.38. The Hall–Kier alpha value is -3.32. The topological polar surface area (TPSA) is 26.0 Å². The molecule has 0 bridgehead atoms. The number of anilines is 1. The molecule has 0 spiro atoms. The fraction of sp³-hybridized carbons (Fsp3) is 0. The fourth-order valence-corrected chi connectivity index (χ4v) is 3.61. The van der Waals surface area contributed by atoms with Gasteiger partial charge in [0.05, 0.1) is 0 Å². The monoisotopic (exact) mass is 321 g/mol. The van der Waals surface area contributed by atoms with Crippen molar-refractivity contribution in [2.45, 2.75) is 0 Å². The lowest BCUT2D eigenvalue weighted by atomic mass is 9.88. The first-order chi connectivity index (χ1) is 12.2. The summed E-state index contributed by atoms with van der Waals surface area (Å²) >= 11 is 0. The summed E-state index contributed by atoms with van der Waals surface area (Å²) in [5.41, 5.74) is 11.5. The summed E-state index contributed by atoms with van der Waals surface area (Å²) in [5, 5.41) is 4.61. The molecule has 0 saturated carbocycles. The Bertz CT molecular complexity index is 1140. The molecule has 2 N–H and O–H groups in total. The molecule has 0 fully saturated rings. The minimum absolute atomic E-state index is 0.796. The summed E-state index contributed by atoms with van der Waals surface area (Å²) in [6, 6.07) is 23.0. The predicted octanol–water partition coefficient (Wildman–Crippen LogP) is 6.53. The maximum atomic E-state index is 6.18. The summed E-state index contributed by atoms with van der Waals surface area (Å²) < 4.78 is 0. The maximum absolute atomic E-state index is 6.18. The number of fused-ring (bicyclic) bond motifs is 2. The van der Waals surface area contributed by atoms with E-state index in [0.717, 1.165) is 38.7 Å². The molecule has 0 aliphatic heterocycles. The second kappa shape index (κ2) is 5.95. The minimum Gasteiger partial charge on any atom is -0.398 e. The predicted molar refractivity (Wildman–Crippen MR) is 111 cm³/mol. The van der Waals surface area contributed by atoms with Crippen molar-refractivity contribution in [3.8, 4) is 11.1 Å². The van der Waals surface area contributed by atoms with E-state index in [1.807, 2.05) is 30.4 Å². The molecule has 0 heterocycles. The molecular weight excluding hydrogens is 302 g/mol. The molecule has 0 aliphatic rings. The third kappa shape index (κ3) is 2.33. The van der Waals surface area contributed by atoms with Crippen LogP contribution in [-0.2, 0) is 0 Å². The van der Waals surface area contributed by atoms with E-state index in [1.54, 1.807) is 0 Å². The van der Waals surface area contributed by atoms with Crippen LogP contribution in [0.15, 0.2) is 79.9 Å². The van der Waals surface area contributed by atoms with E-state index in [2.05, 4.69) is 61.7 Å². The maximum Gasteiger partial charge on any atom is 0.0394 e. The molecular formula is C24H19N. The van der Waals surface area contributed by atoms with Crippen LogP contribution in [0.3, 0.4) is 0 Å². The first kappa shape index (κ1) is 15.2. The van der Waals surface area contributed by atoms with Gasteiger partial charge in [0.15, 0.2) is 0 Å². The zero-order chi connectivity index (χ0) is 17.4. The molecule has 0 amide bonds. The molecule has 0 saturated heterocycles. The van der Waals surface area contributed by atoms with Gasteiger partial charge in [0.25, 0.3) is 0 Å². The Morgan fingerprint density at radius 2 is 1.28 bits per heavy atom. The summed E-state index contributed by atoms with van der Waals surface area (Å²) in [6.45, 7) is 8.09. The normalized spacial score (nSPS) is 10.9. The van der Waals surface area contributed by atoms with E-state index < -0.39 is 0 Å². The Balaban J connectivity index is 2.17. The zero-order valence-electron chi connectivity index (χ0n) is 14.0. The largest absolute Gasteiger partial charge is 0.398 e. The number of benzene rings is 4. The Morgan fingerprint density at radius 1 is 0.640 bits per heavy atom. The Kier molecular flexibility index (Phi) is 3.62. The summed E-state index contributed by atoms with van der Waals surface area (Å²) in [5.74, 6) is 0. The van der Waals surface area contributed by atoms with Crippen LogP contribution in [0.5, 0.6) is 0 Å². The van der Waals surface area contributed by atoms with Gasteiger partial charge in [0, 0.05) is 11.1 Å². The molecule has 4 aromatic rings. The van der Waals surface area contributed by atoms with Crippen LogP contribution in [0.25, 0.3) is 44.8 Å². The smallest absolute Gasteiger partial charge is 0.0394 e. The second-order valence-electron chi connectivity index (χ2n) is 6.13. The van der Waals surface area contributed by atoms with E-state index in [1.165, 1.54) is 10.8 Å². The molecule has 0 atom stereocenters. The SMILES string of the molecule is C=Cc1c(-c2ccc(N)c3ccccc23)cc2ccccc2c1C=C. The molecule has 1 nitrogen and oxygen atoms in total. The van der Waals surface area contributed by atoms with Crippen molar-refractivity contribution in [2.75, 3.05) is 5.73 Å². The summed E-state index contributed by atoms with van der Waals surface area (Å²) in [6.07, 6.45) is 3.84. The van der Waals surface area contributed by atoms with E-state index >= 15 is 0 Å². The van der Waals surface area contributed by atoms with E-state index in [-0.39, 0.29) is 0 Å². The van der Waals surface area contributed by atoms with Gasteiger partial charge in [-0.15, -0.1) is 0 Å². The number of nitrogens with two attached hydrogens (primary N) is 1. The first-order valence-electron chi connectivity index (χ1n) is 8.33. The zero-order valence-corrected chi connectivity index (χ0v) is 14.0. The lowest BCUT2D eigenvalue weighted by Crippen LogP contribution is -1.93. The van der Waals surface area contributed by atoms with Crippen molar-refractivity contribution >= 4 is 39.4 Å². The number of hydrogen-bond acceptors (Lipinski definition) is 1. The van der Waals surface area contributed by atoms with Gasteiger partial charge < -0.3 is 5.73 Å². The first-order valence-corrected chi connectivity index (χ1v) is 8.33. The van der Waals surface area contributed by atoms with Gasteiger partial charge in [-0.25, -0.2) is 0 Å². The third-order valence-corrected chi connectivity index (χ3v) is 4.79. The molecule has 0 radical (unpaired) electrons. The van der Waals surface area contributed by atoms with Gasteiger partial charge >= 0.3 is 0 Å². The van der Waals surface area contributed by atoms with Crippen LogP contribution < -0.4 is 5.73 Å². The van der Waals surface area contributed by atoms with Crippen LogP contribution in [0.1, 0.15) is 11.1 Å². The average molecular weight is 321 g/mol. The number of hydrogen-bond donors (Lipinski definition) is 1. The second-order valence-corrected chi connectivity index (χ2v) is 6.13. The fourth-order valence-electron chi connectivity index (χ4n) is 3.61. The van der Waals surface area contributed by atoms with Gasteiger partial charge in [-0.1, -0.05) is 79.9 Å². The van der Waals surface area contributed by atoms with Crippen molar-refractivity contribution in [1.29, 1.82) is 0 Å². The van der Waals surface area contributed by atoms with Crippen LogP contribution in [0.4, 0.5) is 5.69 Å². The molecule has 25 heavy (non-hydrogen) atoms.